The van der Waals surface area contributed by atoms with Gasteiger partial charge >= 0.3 is 0 Å². The Kier molecular flexibility index (Phi) is 5.46. The molecule has 1 amide bonds. The van der Waals surface area contributed by atoms with E-state index in [-0.39, 0.29) is 5.91 Å². The van der Waals surface area contributed by atoms with E-state index in [1.165, 1.54) is 4.88 Å². The Morgan fingerprint density at radius 2 is 1.90 bits per heavy atom. The van der Waals surface area contributed by atoms with Gasteiger partial charge in [-0.15, -0.1) is 11.3 Å². The van der Waals surface area contributed by atoms with Crippen LogP contribution in [-0.4, -0.2) is 21.0 Å². The molecule has 0 aliphatic heterocycles. The molecule has 0 aliphatic rings. The second kappa shape index (κ2) is 8.20. The zero-order valence-electron chi connectivity index (χ0n) is 17.3. The van der Waals surface area contributed by atoms with Gasteiger partial charge in [-0.1, -0.05) is 29.4 Å². The molecule has 0 saturated heterocycles. The number of thiophene rings is 1. The van der Waals surface area contributed by atoms with Gasteiger partial charge in [-0.3, -0.25) is 4.79 Å². The van der Waals surface area contributed by atoms with E-state index in [0.717, 1.165) is 39.2 Å². The third-order valence-corrected chi connectivity index (χ3v) is 6.03. The maximum absolute atomic E-state index is 12.4. The van der Waals surface area contributed by atoms with E-state index in [9.17, 15) is 4.79 Å². The molecule has 3 aromatic heterocycles. The number of aromatic nitrogens is 3. The minimum absolute atomic E-state index is 0.0460. The van der Waals surface area contributed by atoms with Crippen LogP contribution in [-0.2, 0) is 6.54 Å². The monoisotopic (exact) mass is 418 g/mol. The Labute approximate surface area is 179 Å². The lowest BCUT2D eigenvalue weighted by Crippen LogP contribution is -2.23. The molecule has 0 aliphatic carbocycles. The van der Waals surface area contributed by atoms with E-state index in [0.29, 0.717) is 18.1 Å². The van der Waals surface area contributed by atoms with Gasteiger partial charge in [0, 0.05) is 34.6 Å². The SMILES string of the molecule is Cc1cc(-c2cnc(C)nc2-c2ccc(CNC(=O)c3csc(C)c3C)cc2)on1. The standard InChI is InChI=1S/C23H22N4O2S/c1-13-9-21(29-27-13)19-11-24-16(4)26-22(19)18-7-5-17(6-8-18)10-25-23(28)20-12-30-15(3)14(20)2/h5-9,11-12H,10H2,1-4H3,(H,25,28). The highest BCUT2D eigenvalue weighted by molar-refractivity contribution is 7.10. The number of carbonyl (C=O) groups excluding carboxylic acids is 1. The molecule has 3 heterocycles. The van der Waals surface area contributed by atoms with Crippen molar-refractivity contribution in [3.63, 3.8) is 0 Å². The first kappa shape index (κ1) is 20.0. The Balaban J connectivity index is 1.53. The highest BCUT2D eigenvalue weighted by atomic mass is 32.1. The fraction of sp³-hybridized carbons (Fsp3) is 0.217. The van der Waals surface area contributed by atoms with Crippen LogP contribution < -0.4 is 5.32 Å². The van der Waals surface area contributed by atoms with Gasteiger partial charge in [0.1, 0.15) is 5.82 Å². The van der Waals surface area contributed by atoms with Crippen molar-refractivity contribution >= 4 is 17.2 Å². The fourth-order valence-corrected chi connectivity index (χ4v) is 4.02. The molecule has 0 unspecified atom stereocenters. The molecule has 0 atom stereocenters. The van der Waals surface area contributed by atoms with Crippen molar-refractivity contribution in [2.45, 2.75) is 34.2 Å². The molecule has 0 radical (unpaired) electrons. The van der Waals surface area contributed by atoms with E-state index in [2.05, 4.69) is 20.4 Å². The number of benzene rings is 1. The van der Waals surface area contributed by atoms with Crippen LogP contribution in [0.25, 0.3) is 22.6 Å². The average molecular weight is 419 g/mol. The minimum atomic E-state index is -0.0460. The normalized spacial score (nSPS) is 10.9. The largest absolute Gasteiger partial charge is 0.356 e. The summed E-state index contributed by atoms with van der Waals surface area (Å²) in [5.74, 6) is 1.28. The fourth-order valence-electron chi connectivity index (χ4n) is 3.16. The van der Waals surface area contributed by atoms with Gasteiger partial charge in [0.15, 0.2) is 5.76 Å². The molecule has 0 spiro atoms. The van der Waals surface area contributed by atoms with Gasteiger partial charge in [0.05, 0.1) is 22.5 Å². The number of amides is 1. The molecule has 152 valence electrons. The van der Waals surface area contributed by atoms with Crippen molar-refractivity contribution in [2.75, 3.05) is 0 Å². The van der Waals surface area contributed by atoms with Crippen molar-refractivity contribution in [1.82, 2.24) is 20.4 Å². The van der Waals surface area contributed by atoms with Crippen LogP contribution in [0.2, 0.25) is 0 Å². The summed E-state index contributed by atoms with van der Waals surface area (Å²) in [7, 11) is 0. The van der Waals surface area contributed by atoms with Crippen molar-refractivity contribution < 1.29 is 9.32 Å². The lowest BCUT2D eigenvalue weighted by molar-refractivity contribution is 0.0950. The predicted octanol–water partition coefficient (Wildman–Crippen LogP) is 5.02. The van der Waals surface area contributed by atoms with Gasteiger partial charge in [-0.2, -0.15) is 0 Å². The van der Waals surface area contributed by atoms with E-state index < -0.39 is 0 Å². The molecule has 7 heteroatoms. The molecule has 0 fully saturated rings. The minimum Gasteiger partial charge on any atom is -0.356 e. The smallest absolute Gasteiger partial charge is 0.252 e. The summed E-state index contributed by atoms with van der Waals surface area (Å²) < 4.78 is 5.42. The Bertz CT molecular complexity index is 1210. The number of hydrogen-bond acceptors (Lipinski definition) is 6. The van der Waals surface area contributed by atoms with Crippen LogP contribution in [0.4, 0.5) is 0 Å². The van der Waals surface area contributed by atoms with Crippen LogP contribution >= 0.6 is 11.3 Å². The quantitative estimate of drug-likeness (QED) is 0.492. The number of rotatable bonds is 5. The van der Waals surface area contributed by atoms with Crippen molar-refractivity contribution in [1.29, 1.82) is 0 Å². The van der Waals surface area contributed by atoms with Crippen LogP contribution in [0, 0.1) is 27.7 Å². The summed E-state index contributed by atoms with van der Waals surface area (Å²) in [5, 5.41) is 8.87. The van der Waals surface area contributed by atoms with Gasteiger partial charge in [-0.05, 0) is 38.8 Å². The lowest BCUT2D eigenvalue weighted by Gasteiger charge is -2.09. The molecular formula is C23H22N4O2S. The van der Waals surface area contributed by atoms with E-state index >= 15 is 0 Å². The molecule has 4 rings (SSSR count). The first-order chi connectivity index (χ1) is 14.4. The number of nitrogens with zero attached hydrogens (tertiary/aromatic N) is 3. The number of aryl methyl sites for hydroxylation is 3. The maximum Gasteiger partial charge on any atom is 0.252 e. The van der Waals surface area contributed by atoms with E-state index in [1.54, 1.807) is 17.5 Å². The van der Waals surface area contributed by atoms with Crippen LogP contribution in [0.5, 0.6) is 0 Å². The molecule has 0 saturated carbocycles. The summed E-state index contributed by atoms with van der Waals surface area (Å²) in [5.41, 5.74) is 6.14. The van der Waals surface area contributed by atoms with E-state index in [4.69, 9.17) is 4.52 Å². The van der Waals surface area contributed by atoms with Crippen molar-refractivity contribution in [3.8, 4) is 22.6 Å². The van der Waals surface area contributed by atoms with Crippen LogP contribution in [0.1, 0.15) is 37.9 Å². The molecule has 0 bridgehead atoms. The molecule has 30 heavy (non-hydrogen) atoms. The van der Waals surface area contributed by atoms with Gasteiger partial charge < -0.3 is 9.84 Å². The Morgan fingerprint density at radius 1 is 1.13 bits per heavy atom. The average Bonchev–Trinajstić information content (AvgIpc) is 3.32. The highest BCUT2D eigenvalue weighted by Gasteiger charge is 2.15. The Hall–Kier alpha value is -3.32. The summed E-state index contributed by atoms with van der Waals surface area (Å²) in [6, 6.07) is 9.85. The van der Waals surface area contributed by atoms with Gasteiger partial charge in [0.25, 0.3) is 5.91 Å². The first-order valence-corrected chi connectivity index (χ1v) is 10.5. The topological polar surface area (TPSA) is 80.9 Å². The molecular weight excluding hydrogens is 396 g/mol. The molecule has 6 nitrogen and oxygen atoms in total. The van der Waals surface area contributed by atoms with E-state index in [1.807, 2.05) is 63.4 Å². The zero-order valence-corrected chi connectivity index (χ0v) is 18.1. The molecule has 1 N–H and O–H groups in total. The number of carbonyl (C=O) groups is 1. The third kappa shape index (κ3) is 4.02. The predicted molar refractivity (Wildman–Crippen MR) is 117 cm³/mol. The van der Waals surface area contributed by atoms with Gasteiger partial charge in [-0.25, -0.2) is 9.97 Å². The second-order valence-electron chi connectivity index (χ2n) is 7.22. The van der Waals surface area contributed by atoms with Gasteiger partial charge in [0.2, 0.25) is 0 Å². The molecule has 1 aromatic carbocycles. The van der Waals surface area contributed by atoms with Crippen LogP contribution in [0.15, 0.2) is 46.4 Å². The lowest BCUT2D eigenvalue weighted by atomic mass is 10.0. The second-order valence-corrected chi connectivity index (χ2v) is 8.31. The summed E-state index contributed by atoms with van der Waals surface area (Å²) >= 11 is 1.60. The van der Waals surface area contributed by atoms with Crippen LogP contribution in [0.3, 0.4) is 0 Å². The Morgan fingerprint density at radius 3 is 2.53 bits per heavy atom. The third-order valence-electron chi connectivity index (χ3n) is 5.01. The summed E-state index contributed by atoms with van der Waals surface area (Å²) in [6.07, 6.45) is 1.76. The number of nitrogens with one attached hydrogen (secondary N) is 1. The molecule has 4 aromatic rings. The van der Waals surface area contributed by atoms with Crippen molar-refractivity contribution in [2.24, 2.45) is 0 Å². The van der Waals surface area contributed by atoms with Crippen molar-refractivity contribution in [3.05, 3.63) is 75.0 Å². The zero-order chi connectivity index (χ0) is 21.3. The maximum atomic E-state index is 12.4. The summed E-state index contributed by atoms with van der Waals surface area (Å²) in [4.78, 5) is 22.5. The first-order valence-electron chi connectivity index (χ1n) is 9.62. The highest BCUT2D eigenvalue weighted by Crippen LogP contribution is 2.30. The summed E-state index contributed by atoms with van der Waals surface area (Å²) in [6.45, 7) is 8.21. The number of hydrogen-bond donors (Lipinski definition) is 1.